The van der Waals surface area contributed by atoms with Crippen LogP contribution in [-0.4, -0.2) is 23.0 Å². The topological polar surface area (TPSA) is 66.4 Å². The van der Waals surface area contributed by atoms with E-state index in [1.807, 2.05) is 6.92 Å². The second-order valence-corrected chi connectivity index (χ2v) is 3.89. The van der Waals surface area contributed by atoms with Crippen molar-refractivity contribution in [3.63, 3.8) is 0 Å². The summed E-state index contributed by atoms with van der Waals surface area (Å²) in [5, 5.41) is 11.3. The minimum Gasteiger partial charge on any atom is -0.480 e. The molecule has 0 saturated heterocycles. The number of amides is 1. The second-order valence-electron chi connectivity index (χ2n) is 3.89. The third-order valence-electron chi connectivity index (χ3n) is 2.38. The van der Waals surface area contributed by atoms with Crippen LogP contribution in [0.15, 0.2) is 0 Å². The number of carbonyl (C=O) groups is 2. The van der Waals surface area contributed by atoms with Gasteiger partial charge in [0.2, 0.25) is 5.91 Å². The van der Waals surface area contributed by atoms with Crippen LogP contribution in [0, 0.1) is 5.92 Å². The Morgan fingerprint density at radius 2 is 2.14 bits per heavy atom. The maximum absolute atomic E-state index is 11.3. The van der Waals surface area contributed by atoms with E-state index < -0.39 is 12.0 Å². The van der Waals surface area contributed by atoms with Gasteiger partial charge in [0.15, 0.2) is 0 Å². The van der Waals surface area contributed by atoms with Crippen LogP contribution in [0.5, 0.6) is 0 Å². The molecule has 14 heavy (non-hydrogen) atoms. The fourth-order valence-electron chi connectivity index (χ4n) is 1.38. The Labute approximate surface area is 83.7 Å². The van der Waals surface area contributed by atoms with Crippen molar-refractivity contribution in [1.82, 2.24) is 5.32 Å². The van der Waals surface area contributed by atoms with E-state index in [1.54, 1.807) is 0 Å². The molecular formula is C10H17NO3. The molecule has 80 valence electrons. The number of carboxylic acid groups (broad SMARTS) is 1. The normalized spacial score (nSPS) is 17.5. The lowest BCUT2D eigenvalue weighted by Gasteiger charge is -2.12. The largest absolute Gasteiger partial charge is 0.480 e. The Hall–Kier alpha value is -1.06. The lowest BCUT2D eigenvalue weighted by atomic mass is 10.1. The molecule has 1 unspecified atom stereocenters. The van der Waals surface area contributed by atoms with Gasteiger partial charge in [-0.1, -0.05) is 13.3 Å². The van der Waals surface area contributed by atoms with Crippen LogP contribution in [-0.2, 0) is 9.59 Å². The van der Waals surface area contributed by atoms with E-state index in [4.69, 9.17) is 5.11 Å². The molecule has 0 spiro atoms. The molecule has 0 radical (unpaired) electrons. The molecule has 0 heterocycles. The van der Waals surface area contributed by atoms with Gasteiger partial charge in [-0.2, -0.15) is 0 Å². The molecule has 1 amide bonds. The van der Waals surface area contributed by atoms with E-state index in [9.17, 15) is 9.59 Å². The first-order chi connectivity index (χ1) is 6.63. The quantitative estimate of drug-likeness (QED) is 0.674. The molecule has 1 rings (SSSR count). The highest BCUT2D eigenvalue weighted by Gasteiger charge is 2.26. The molecule has 1 fully saturated rings. The smallest absolute Gasteiger partial charge is 0.326 e. The van der Waals surface area contributed by atoms with Gasteiger partial charge in [0, 0.05) is 6.42 Å². The Bertz CT molecular complexity index is 223. The Balaban J connectivity index is 2.29. The van der Waals surface area contributed by atoms with E-state index in [0.29, 0.717) is 18.8 Å². The Morgan fingerprint density at radius 1 is 1.50 bits per heavy atom. The number of rotatable bonds is 6. The van der Waals surface area contributed by atoms with Crippen LogP contribution < -0.4 is 5.32 Å². The molecule has 1 saturated carbocycles. The van der Waals surface area contributed by atoms with Gasteiger partial charge in [0.05, 0.1) is 0 Å². The number of carboxylic acids is 1. The van der Waals surface area contributed by atoms with Gasteiger partial charge in [-0.25, -0.2) is 4.79 Å². The van der Waals surface area contributed by atoms with E-state index in [1.165, 1.54) is 0 Å². The van der Waals surface area contributed by atoms with Crippen LogP contribution in [0.3, 0.4) is 0 Å². The highest BCUT2D eigenvalue weighted by Crippen LogP contribution is 2.32. The highest BCUT2D eigenvalue weighted by atomic mass is 16.4. The van der Waals surface area contributed by atoms with Gasteiger partial charge < -0.3 is 10.4 Å². The Morgan fingerprint density at radius 3 is 2.57 bits per heavy atom. The molecule has 4 heteroatoms. The molecular weight excluding hydrogens is 182 g/mol. The summed E-state index contributed by atoms with van der Waals surface area (Å²) in [6.07, 6.45) is 3.98. The van der Waals surface area contributed by atoms with Crippen molar-refractivity contribution < 1.29 is 14.7 Å². The zero-order chi connectivity index (χ0) is 10.6. The minimum absolute atomic E-state index is 0.117. The monoisotopic (exact) mass is 199 g/mol. The van der Waals surface area contributed by atoms with Gasteiger partial charge in [-0.05, 0) is 25.2 Å². The molecule has 1 aliphatic rings. The van der Waals surface area contributed by atoms with Crippen molar-refractivity contribution in [2.24, 2.45) is 5.92 Å². The molecule has 2 N–H and O–H groups in total. The highest BCUT2D eigenvalue weighted by molar-refractivity contribution is 5.83. The van der Waals surface area contributed by atoms with Crippen LogP contribution >= 0.6 is 0 Å². The molecule has 1 aliphatic carbocycles. The molecule has 1 atom stereocenters. The van der Waals surface area contributed by atoms with Crippen molar-refractivity contribution >= 4 is 11.9 Å². The molecule has 0 aromatic carbocycles. The summed E-state index contributed by atoms with van der Waals surface area (Å²) in [5.41, 5.74) is 0. The van der Waals surface area contributed by atoms with Gasteiger partial charge in [0.25, 0.3) is 0 Å². The van der Waals surface area contributed by atoms with E-state index in [0.717, 1.165) is 19.3 Å². The first-order valence-corrected chi connectivity index (χ1v) is 5.15. The Kier molecular flexibility index (Phi) is 3.92. The minimum atomic E-state index is -0.934. The summed E-state index contributed by atoms with van der Waals surface area (Å²) in [7, 11) is 0. The van der Waals surface area contributed by atoms with Gasteiger partial charge >= 0.3 is 5.97 Å². The van der Waals surface area contributed by atoms with E-state index in [2.05, 4.69) is 5.32 Å². The maximum Gasteiger partial charge on any atom is 0.326 e. The summed E-state index contributed by atoms with van der Waals surface area (Å²) in [6.45, 7) is 1.91. The van der Waals surface area contributed by atoms with Crippen molar-refractivity contribution in [2.45, 2.75) is 45.1 Å². The zero-order valence-electron chi connectivity index (χ0n) is 8.45. The standard InChI is InChI=1S/C10H17NO3/c1-2-3-8(10(13)14)11-9(12)6-7-4-5-7/h7-8H,2-6H2,1H3,(H,11,12)(H,13,14). The first kappa shape index (κ1) is 11.0. The van der Waals surface area contributed by atoms with Gasteiger partial charge in [0.1, 0.15) is 6.04 Å². The zero-order valence-corrected chi connectivity index (χ0v) is 8.45. The second kappa shape index (κ2) is 4.98. The van der Waals surface area contributed by atoms with Crippen molar-refractivity contribution in [3.8, 4) is 0 Å². The fraction of sp³-hybridized carbons (Fsp3) is 0.800. The molecule has 0 bridgehead atoms. The number of nitrogens with one attached hydrogen (secondary N) is 1. The first-order valence-electron chi connectivity index (χ1n) is 5.15. The van der Waals surface area contributed by atoms with Crippen LogP contribution in [0.25, 0.3) is 0 Å². The molecule has 0 aliphatic heterocycles. The van der Waals surface area contributed by atoms with E-state index in [-0.39, 0.29) is 5.91 Å². The predicted molar refractivity (Wildman–Crippen MR) is 51.8 cm³/mol. The summed E-state index contributed by atoms with van der Waals surface area (Å²) < 4.78 is 0. The summed E-state index contributed by atoms with van der Waals surface area (Å²) in [6, 6.07) is -0.703. The van der Waals surface area contributed by atoms with Crippen LogP contribution in [0.1, 0.15) is 39.0 Å². The fourth-order valence-corrected chi connectivity index (χ4v) is 1.38. The third kappa shape index (κ3) is 3.77. The van der Waals surface area contributed by atoms with Gasteiger partial charge in [-0.15, -0.1) is 0 Å². The maximum atomic E-state index is 11.3. The average molecular weight is 199 g/mol. The number of hydrogen-bond acceptors (Lipinski definition) is 2. The van der Waals surface area contributed by atoms with Gasteiger partial charge in [-0.3, -0.25) is 4.79 Å². The average Bonchev–Trinajstić information content (AvgIpc) is 2.87. The lowest BCUT2D eigenvalue weighted by Crippen LogP contribution is -2.40. The van der Waals surface area contributed by atoms with Crippen LogP contribution in [0.4, 0.5) is 0 Å². The van der Waals surface area contributed by atoms with Crippen molar-refractivity contribution in [2.75, 3.05) is 0 Å². The number of hydrogen-bond donors (Lipinski definition) is 2. The number of carbonyl (C=O) groups excluding carboxylic acids is 1. The summed E-state index contributed by atoms with van der Waals surface area (Å²) in [4.78, 5) is 22.0. The molecule has 4 nitrogen and oxygen atoms in total. The lowest BCUT2D eigenvalue weighted by molar-refractivity contribution is -0.142. The van der Waals surface area contributed by atoms with E-state index >= 15 is 0 Å². The summed E-state index contributed by atoms with van der Waals surface area (Å²) in [5.74, 6) is -0.546. The summed E-state index contributed by atoms with van der Waals surface area (Å²) >= 11 is 0. The molecule has 0 aromatic heterocycles. The number of aliphatic carboxylic acids is 1. The van der Waals surface area contributed by atoms with Crippen molar-refractivity contribution in [1.29, 1.82) is 0 Å². The SMILES string of the molecule is CCCC(NC(=O)CC1CC1)C(=O)O. The predicted octanol–water partition coefficient (Wildman–Crippen LogP) is 1.16. The third-order valence-corrected chi connectivity index (χ3v) is 2.38. The molecule has 0 aromatic rings. The van der Waals surface area contributed by atoms with Crippen molar-refractivity contribution in [3.05, 3.63) is 0 Å². The van der Waals surface area contributed by atoms with Crippen LogP contribution in [0.2, 0.25) is 0 Å².